The lowest BCUT2D eigenvalue weighted by Gasteiger charge is -2.18. The zero-order valence-corrected chi connectivity index (χ0v) is 22.4. The van der Waals surface area contributed by atoms with Gasteiger partial charge in [-0.05, 0) is 81.5 Å². The summed E-state index contributed by atoms with van der Waals surface area (Å²) in [4.78, 5) is 2.45. The first-order valence-corrected chi connectivity index (χ1v) is 14.3. The van der Waals surface area contributed by atoms with E-state index in [1.54, 1.807) is 22.7 Å². The molecular formula is C34H26O2S2. The van der Waals surface area contributed by atoms with Gasteiger partial charge in [0.15, 0.2) is 0 Å². The third-order valence-electron chi connectivity index (χ3n) is 6.34. The fraction of sp³-hybridized carbons (Fsp3) is 0.0588. The minimum absolute atomic E-state index is 0.497. The second-order valence-corrected chi connectivity index (χ2v) is 10.8. The van der Waals surface area contributed by atoms with Crippen molar-refractivity contribution in [1.29, 1.82) is 0 Å². The molecule has 4 heteroatoms. The minimum atomic E-state index is 0.497. The van der Waals surface area contributed by atoms with Gasteiger partial charge in [0.2, 0.25) is 0 Å². The Morgan fingerprint density at radius 3 is 1.29 bits per heavy atom. The number of rotatable bonds is 9. The Balaban J connectivity index is 1.44. The van der Waals surface area contributed by atoms with E-state index >= 15 is 0 Å². The van der Waals surface area contributed by atoms with Crippen LogP contribution in [0.3, 0.4) is 0 Å². The van der Waals surface area contributed by atoms with Gasteiger partial charge in [-0.15, -0.1) is 22.7 Å². The summed E-state index contributed by atoms with van der Waals surface area (Å²) in [6.07, 6.45) is 0. The van der Waals surface area contributed by atoms with Crippen LogP contribution >= 0.6 is 22.7 Å². The van der Waals surface area contributed by atoms with Crippen molar-refractivity contribution >= 4 is 22.7 Å². The molecule has 0 saturated carbocycles. The van der Waals surface area contributed by atoms with Crippen LogP contribution in [-0.4, -0.2) is 0 Å². The first kappa shape index (κ1) is 24.2. The first-order valence-electron chi connectivity index (χ1n) is 12.5. The van der Waals surface area contributed by atoms with E-state index in [1.165, 1.54) is 9.75 Å². The summed E-state index contributed by atoms with van der Waals surface area (Å²) in [5, 5.41) is 4.22. The van der Waals surface area contributed by atoms with Crippen molar-refractivity contribution in [2.24, 2.45) is 0 Å². The second kappa shape index (κ2) is 11.5. The summed E-state index contributed by atoms with van der Waals surface area (Å²) in [5.74, 6) is 1.67. The van der Waals surface area contributed by atoms with Gasteiger partial charge in [-0.2, -0.15) is 0 Å². The number of ether oxygens (including phenoxy) is 2. The number of hydrogen-bond donors (Lipinski definition) is 0. The van der Waals surface area contributed by atoms with Crippen LogP contribution in [0.1, 0.15) is 11.1 Å². The molecule has 0 spiro atoms. The molecule has 0 amide bonds. The lowest BCUT2D eigenvalue weighted by atomic mass is 9.97. The monoisotopic (exact) mass is 530 g/mol. The fourth-order valence-electron chi connectivity index (χ4n) is 4.40. The Hall–Kier alpha value is -4.12. The lowest BCUT2D eigenvalue weighted by molar-refractivity contribution is 0.303. The molecule has 6 rings (SSSR count). The molecule has 4 aromatic carbocycles. The minimum Gasteiger partial charge on any atom is -0.488 e. The van der Waals surface area contributed by atoms with E-state index in [4.69, 9.17) is 9.47 Å². The van der Waals surface area contributed by atoms with Crippen LogP contribution in [0.15, 0.2) is 132 Å². The van der Waals surface area contributed by atoms with Gasteiger partial charge in [-0.25, -0.2) is 0 Å². The molecular weight excluding hydrogens is 505 g/mol. The molecule has 2 aromatic heterocycles. The molecule has 0 unspecified atom stereocenters. The van der Waals surface area contributed by atoms with E-state index in [9.17, 15) is 0 Å². The second-order valence-electron chi connectivity index (χ2n) is 8.93. The van der Waals surface area contributed by atoms with Gasteiger partial charge in [0, 0.05) is 20.9 Å². The van der Waals surface area contributed by atoms with Crippen molar-refractivity contribution in [2.75, 3.05) is 0 Å². The molecule has 38 heavy (non-hydrogen) atoms. The molecule has 2 nitrogen and oxygen atoms in total. The van der Waals surface area contributed by atoms with Crippen LogP contribution in [0, 0.1) is 0 Å². The molecule has 0 radical (unpaired) electrons. The summed E-state index contributed by atoms with van der Waals surface area (Å²) in [5.41, 5.74) is 6.64. The molecule has 0 bridgehead atoms. The Labute approximate surface area is 231 Å². The molecule has 0 aliphatic carbocycles. The molecule has 0 aliphatic rings. The quantitative estimate of drug-likeness (QED) is 0.185. The molecule has 0 N–H and O–H groups in total. The maximum Gasteiger partial charge on any atom is 0.127 e. The Bertz CT molecular complexity index is 1470. The van der Waals surface area contributed by atoms with Crippen molar-refractivity contribution < 1.29 is 9.47 Å². The highest BCUT2D eigenvalue weighted by atomic mass is 32.1. The van der Waals surface area contributed by atoms with E-state index < -0.39 is 0 Å². The topological polar surface area (TPSA) is 18.5 Å². The Morgan fingerprint density at radius 1 is 0.447 bits per heavy atom. The van der Waals surface area contributed by atoms with Crippen molar-refractivity contribution in [3.8, 4) is 43.5 Å². The summed E-state index contributed by atoms with van der Waals surface area (Å²) in [7, 11) is 0. The predicted octanol–water partition coefficient (Wildman–Crippen LogP) is 9.97. The average Bonchev–Trinajstić information content (AvgIpc) is 3.72. The van der Waals surface area contributed by atoms with Crippen LogP contribution in [0.25, 0.3) is 32.0 Å². The molecule has 0 fully saturated rings. The third kappa shape index (κ3) is 5.57. The maximum atomic E-state index is 6.45. The van der Waals surface area contributed by atoms with Crippen LogP contribution in [0.4, 0.5) is 0 Å². The first-order chi connectivity index (χ1) is 18.8. The fourth-order valence-corrected chi connectivity index (χ4v) is 5.84. The van der Waals surface area contributed by atoms with Gasteiger partial charge in [0.25, 0.3) is 0 Å². The lowest BCUT2D eigenvalue weighted by Crippen LogP contribution is -2.00. The molecule has 0 saturated heterocycles. The number of thiophene rings is 2. The summed E-state index contributed by atoms with van der Waals surface area (Å²) < 4.78 is 12.9. The largest absolute Gasteiger partial charge is 0.488 e. The van der Waals surface area contributed by atoms with E-state index in [-0.39, 0.29) is 0 Å². The van der Waals surface area contributed by atoms with Gasteiger partial charge in [0.05, 0.1) is 0 Å². The predicted molar refractivity (Wildman–Crippen MR) is 160 cm³/mol. The molecule has 186 valence electrons. The van der Waals surface area contributed by atoms with Crippen molar-refractivity contribution in [1.82, 2.24) is 0 Å². The molecule has 6 aromatic rings. The molecule has 0 atom stereocenters. The van der Waals surface area contributed by atoms with Gasteiger partial charge in [0.1, 0.15) is 24.7 Å². The van der Waals surface area contributed by atoms with Crippen LogP contribution in [0.5, 0.6) is 11.5 Å². The summed E-state index contributed by atoms with van der Waals surface area (Å²) in [6, 6.07) is 42.0. The van der Waals surface area contributed by atoms with Gasteiger partial charge < -0.3 is 9.47 Å². The van der Waals surface area contributed by atoms with Crippen LogP contribution in [0.2, 0.25) is 0 Å². The Kier molecular flexibility index (Phi) is 7.34. The van der Waals surface area contributed by atoms with E-state index in [0.717, 1.165) is 44.9 Å². The van der Waals surface area contributed by atoms with E-state index in [2.05, 4.69) is 95.7 Å². The van der Waals surface area contributed by atoms with Crippen molar-refractivity contribution in [3.63, 3.8) is 0 Å². The molecule has 2 heterocycles. The number of benzene rings is 4. The van der Waals surface area contributed by atoms with Gasteiger partial charge in [-0.1, -0.05) is 72.8 Å². The van der Waals surface area contributed by atoms with Crippen LogP contribution < -0.4 is 9.47 Å². The van der Waals surface area contributed by atoms with E-state index in [1.807, 2.05) is 36.4 Å². The van der Waals surface area contributed by atoms with Crippen molar-refractivity contribution in [3.05, 3.63) is 143 Å². The summed E-state index contributed by atoms with van der Waals surface area (Å²) >= 11 is 3.48. The SMILES string of the molecule is c1ccc(COc2ccc(-c3cccs3)cc2-c2cc(-c3cccs3)ccc2OCc2ccccc2)cc1. The van der Waals surface area contributed by atoms with Gasteiger partial charge in [-0.3, -0.25) is 0 Å². The highest BCUT2D eigenvalue weighted by Gasteiger charge is 2.16. The van der Waals surface area contributed by atoms with Crippen LogP contribution in [-0.2, 0) is 13.2 Å². The smallest absolute Gasteiger partial charge is 0.127 e. The third-order valence-corrected chi connectivity index (χ3v) is 8.17. The Morgan fingerprint density at radius 2 is 0.895 bits per heavy atom. The van der Waals surface area contributed by atoms with Crippen molar-refractivity contribution in [2.45, 2.75) is 13.2 Å². The highest BCUT2D eigenvalue weighted by Crippen LogP contribution is 2.42. The summed E-state index contributed by atoms with van der Waals surface area (Å²) in [6.45, 7) is 0.994. The number of hydrogen-bond acceptors (Lipinski definition) is 4. The molecule has 0 aliphatic heterocycles. The van der Waals surface area contributed by atoms with E-state index in [0.29, 0.717) is 13.2 Å². The zero-order valence-electron chi connectivity index (χ0n) is 20.7. The average molecular weight is 531 g/mol. The highest BCUT2D eigenvalue weighted by molar-refractivity contribution is 7.13. The maximum absolute atomic E-state index is 6.45. The zero-order chi connectivity index (χ0) is 25.6. The van der Waals surface area contributed by atoms with Gasteiger partial charge >= 0.3 is 0 Å². The standard InChI is InChI=1S/C34H26O2S2/c1-3-9-25(10-4-1)23-35-31-17-15-27(33-13-7-19-37-33)21-29(31)30-22-28(34-14-8-20-38-34)16-18-32(30)36-24-26-11-5-2-6-12-26/h1-22H,23-24H2. The normalized spacial score (nSPS) is 10.8.